The summed E-state index contributed by atoms with van der Waals surface area (Å²) < 4.78 is 0. The molecule has 1 aliphatic carbocycles. The molecule has 2 nitrogen and oxygen atoms in total. The van der Waals surface area contributed by atoms with Crippen LogP contribution in [0, 0.1) is 5.92 Å². The van der Waals surface area contributed by atoms with Crippen LogP contribution in [-0.4, -0.2) is 12.5 Å². The predicted octanol–water partition coefficient (Wildman–Crippen LogP) is 3.89. The van der Waals surface area contributed by atoms with Crippen molar-refractivity contribution in [1.82, 2.24) is 0 Å². The molecule has 1 amide bonds. The lowest BCUT2D eigenvalue weighted by Gasteiger charge is -2.24. The second-order valence-electron chi connectivity index (χ2n) is 6.26. The molecule has 0 atom stereocenters. The first-order chi connectivity index (χ1) is 9.16. The molecule has 0 aromatic heterocycles. The Morgan fingerprint density at radius 3 is 2.74 bits per heavy atom. The summed E-state index contributed by atoms with van der Waals surface area (Å²) in [5, 5.41) is 0. The van der Waals surface area contributed by atoms with E-state index in [1.165, 1.54) is 23.2 Å². The van der Waals surface area contributed by atoms with Crippen molar-refractivity contribution in [3.8, 4) is 0 Å². The van der Waals surface area contributed by atoms with Gasteiger partial charge in [0.15, 0.2) is 0 Å². The zero-order chi connectivity index (χ0) is 13.4. The Hall–Kier alpha value is -1.31. The van der Waals surface area contributed by atoms with Crippen molar-refractivity contribution in [2.45, 2.75) is 51.9 Å². The zero-order valence-corrected chi connectivity index (χ0v) is 12.0. The number of fused-ring (bicyclic) bond motifs is 1. The Morgan fingerprint density at radius 1 is 1.26 bits per heavy atom. The van der Waals surface area contributed by atoms with Crippen LogP contribution in [-0.2, 0) is 11.2 Å². The first-order valence-electron chi connectivity index (χ1n) is 7.61. The van der Waals surface area contributed by atoms with Gasteiger partial charge in [-0.3, -0.25) is 4.79 Å². The third kappa shape index (κ3) is 2.54. The lowest BCUT2D eigenvalue weighted by atomic mass is 9.98. The molecule has 0 radical (unpaired) electrons. The minimum Gasteiger partial charge on any atom is -0.312 e. The van der Waals surface area contributed by atoms with Crippen LogP contribution in [0.15, 0.2) is 18.2 Å². The van der Waals surface area contributed by atoms with Gasteiger partial charge in [0.2, 0.25) is 5.91 Å². The number of hydrogen-bond acceptors (Lipinski definition) is 1. The number of rotatable bonds is 2. The highest BCUT2D eigenvalue weighted by Crippen LogP contribution is 2.36. The third-order valence-electron chi connectivity index (χ3n) is 4.34. The number of aryl methyl sites for hydroxylation is 1. The molecule has 1 saturated carbocycles. The molecule has 1 heterocycles. The van der Waals surface area contributed by atoms with Gasteiger partial charge in [0, 0.05) is 18.2 Å². The Bertz CT molecular complexity index is 488. The molecular formula is C17H23NO. The van der Waals surface area contributed by atoms with Crippen molar-refractivity contribution in [2.24, 2.45) is 5.92 Å². The van der Waals surface area contributed by atoms with Crippen molar-refractivity contribution in [3.05, 3.63) is 29.3 Å². The molecule has 1 aromatic carbocycles. The maximum Gasteiger partial charge on any atom is 0.230 e. The van der Waals surface area contributed by atoms with Gasteiger partial charge in [-0.1, -0.05) is 26.0 Å². The second kappa shape index (κ2) is 4.99. The van der Waals surface area contributed by atoms with Crippen molar-refractivity contribution in [1.29, 1.82) is 0 Å². The van der Waals surface area contributed by atoms with E-state index in [0.717, 1.165) is 32.2 Å². The lowest BCUT2D eigenvalue weighted by molar-refractivity contribution is -0.119. The SMILES string of the molecule is CC(C)c1ccc2c(c1)N(C(=O)C1CC1)CCCC2. The highest BCUT2D eigenvalue weighted by Gasteiger charge is 2.35. The van der Waals surface area contributed by atoms with E-state index in [2.05, 4.69) is 36.9 Å². The molecule has 0 unspecified atom stereocenters. The van der Waals surface area contributed by atoms with Gasteiger partial charge in [-0.2, -0.15) is 0 Å². The first-order valence-corrected chi connectivity index (χ1v) is 7.61. The fourth-order valence-corrected chi connectivity index (χ4v) is 2.89. The smallest absolute Gasteiger partial charge is 0.230 e. The summed E-state index contributed by atoms with van der Waals surface area (Å²) in [6.45, 7) is 5.33. The topological polar surface area (TPSA) is 20.3 Å². The van der Waals surface area contributed by atoms with Crippen LogP contribution >= 0.6 is 0 Å². The van der Waals surface area contributed by atoms with Crippen LogP contribution in [0.3, 0.4) is 0 Å². The maximum absolute atomic E-state index is 12.5. The van der Waals surface area contributed by atoms with E-state index >= 15 is 0 Å². The molecule has 2 aliphatic rings. The number of hydrogen-bond donors (Lipinski definition) is 0. The van der Waals surface area contributed by atoms with Gasteiger partial charge in [0.25, 0.3) is 0 Å². The van der Waals surface area contributed by atoms with Gasteiger partial charge in [-0.05, 0) is 55.2 Å². The third-order valence-corrected chi connectivity index (χ3v) is 4.34. The number of nitrogens with zero attached hydrogens (tertiary/aromatic N) is 1. The normalized spacial score (nSPS) is 19.2. The largest absolute Gasteiger partial charge is 0.312 e. The minimum atomic E-state index is 0.314. The number of amides is 1. The van der Waals surface area contributed by atoms with Crippen LogP contribution in [0.5, 0.6) is 0 Å². The van der Waals surface area contributed by atoms with E-state index in [0.29, 0.717) is 17.7 Å². The molecule has 102 valence electrons. The van der Waals surface area contributed by atoms with Gasteiger partial charge >= 0.3 is 0 Å². The van der Waals surface area contributed by atoms with E-state index in [1.54, 1.807) is 0 Å². The molecule has 3 rings (SSSR count). The fraction of sp³-hybridized carbons (Fsp3) is 0.588. The monoisotopic (exact) mass is 257 g/mol. The second-order valence-corrected chi connectivity index (χ2v) is 6.26. The zero-order valence-electron chi connectivity index (χ0n) is 12.0. The van der Waals surface area contributed by atoms with Gasteiger partial charge in [-0.25, -0.2) is 0 Å². The molecule has 1 aliphatic heterocycles. The summed E-state index contributed by atoms with van der Waals surface area (Å²) in [5.41, 5.74) is 3.89. The summed E-state index contributed by atoms with van der Waals surface area (Å²) in [4.78, 5) is 14.6. The highest BCUT2D eigenvalue weighted by molar-refractivity contribution is 5.97. The van der Waals surface area contributed by atoms with Gasteiger partial charge in [0.1, 0.15) is 0 Å². The maximum atomic E-state index is 12.5. The molecular weight excluding hydrogens is 234 g/mol. The fourth-order valence-electron chi connectivity index (χ4n) is 2.89. The molecule has 1 fully saturated rings. The van der Waals surface area contributed by atoms with Gasteiger partial charge in [0.05, 0.1) is 0 Å². The molecule has 0 bridgehead atoms. The standard InChI is InChI=1S/C17H23NO/c1-12(2)15-9-6-13-5-3-4-10-18(16(13)11-15)17(19)14-7-8-14/h6,9,11-12,14H,3-5,7-8,10H2,1-2H3. The van der Waals surface area contributed by atoms with Crippen molar-refractivity contribution in [2.75, 3.05) is 11.4 Å². The van der Waals surface area contributed by atoms with Crippen LogP contribution in [0.4, 0.5) is 5.69 Å². The average molecular weight is 257 g/mol. The Balaban J connectivity index is 1.98. The van der Waals surface area contributed by atoms with E-state index < -0.39 is 0 Å². The molecule has 19 heavy (non-hydrogen) atoms. The number of carbonyl (C=O) groups is 1. The first kappa shape index (κ1) is 12.7. The summed E-state index contributed by atoms with van der Waals surface area (Å²) in [7, 11) is 0. The van der Waals surface area contributed by atoms with Gasteiger partial charge < -0.3 is 4.90 Å². The molecule has 0 N–H and O–H groups in total. The Labute approximate surface area is 115 Å². The summed E-state index contributed by atoms with van der Waals surface area (Å²) in [5.74, 6) is 1.20. The van der Waals surface area contributed by atoms with E-state index in [-0.39, 0.29) is 0 Å². The van der Waals surface area contributed by atoms with E-state index in [9.17, 15) is 4.79 Å². The summed E-state index contributed by atoms with van der Waals surface area (Å²) in [6, 6.07) is 6.73. The molecule has 1 aromatic rings. The van der Waals surface area contributed by atoms with Crippen LogP contribution < -0.4 is 4.90 Å². The molecule has 0 spiro atoms. The van der Waals surface area contributed by atoms with Crippen molar-refractivity contribution in [3.63, 3.8) is 0 Å². The van der Waals surface area contributed by atoms with Crippen molar-refractivity contribution >= 4 is 11.6 Å². The van der Waals surface area contributed by atoms with E-state index in [4.69, 9.17) is 0 Å². The van der Waals surface area contributed by atoms with Gasteiger partial charge in [-0.15, -0.1) is 0 Å². The molecule has 2 heteroatoms. The number of carbonyl (C=O) groups excluding carboxylic acids is 1. The quantitative estimate of drug-likeness (QED) is 0.787. The van der Waals surface area contributed by atoms with Crippen LogP contribution in [0.1, 0.15) is 56.6 Å². The molecule has 0 saturated heterocycles. The average Bonchev–Trinajstić information content (AvgIpc) is 3.23. The van der Waals surface area contributed by atoms with E-state index in [1.807, 2.05) is 0 Å². The Morgan fingerprint density at radius 2 is 2.05 bits per heavy atom. The number of anilines is 1. The lowest BCUT2D eigenvalue weighted by Crippen LogP contribution is -2.33. The van der Waals surface area contributed by atoms with Crippen molar-refractivity contribution < 1.29 is 4.79 Å². The Kier molecular flexibility index (Phi) is 3.34. The predicted molar refractivity (Wildman–Crippen MR) is 78.5 cm³/mol. The minimum absolute atomic E-state index is 0.314. The summed E-state index contributed by atoms with van der Waals surface area (Å²) in [6.07, 6.45) is 5.62. The van der Waals surface area contributed by atoms with Crippen LogP contribution in [0.25, 0.3) is 0 Å². The number of benzene rings is 1. The summed E-state index contributed by atoms with van der Waals surface area (Å²) >= 11 is 0. The highest BCUT2D eigenvalue weighted by atomic mass is 16.2. The van der Waals surface area contributed by atoms with Crippen LogP contribution in [0.2, 0.25) is 0 Å².